The van der Waals surface area contributed by atoms with Crippen LogP contribution in [0.4, 0.5) is 0 Å². The Hall–Kier alpha value is -6.77. The van der Waals surface area contributed by atoms with Gasteiger partial charge >= 0.3 is 11.9 Å². The number of hydrogen-bond donors (Lipinski definition) is 6. The molecule has 0 unspecified atom stereocenters. The highest BCUT2D eigenvalue weighted by Crippen LogP contribution is 2.38. The third kappa shape index (κ3) is 8.25. The van der Waals surface area contributed by atoms with Crippen LogP contribution in [0.15, 0.2) is 106 Å². The van der Waals surface area contributed by atoms with E-state index in [-0.39, 0.29) is 39.5 Å². The summed E-state index contributed by atoms with van der Waals surface area (Å²) in [5.74, 6) is -3.89. The number of carbonyl (C=O) groups excluding carboxylic acids is 2. The van der Waals surface area contributed by atoms with Crippen molar-refractivity contribution in [1.82, 2.24) is 0 Å². The van der Waals surface area contributed by atoms with Crippen molar-refractivity contribution in [1.29, 1.82) is 0 Å². The number of ether oxygens (including phenoxy) is 4. The van der Waals surface area contributed by atoms with Gasteiger partial charge < -0.3 is 54.0 Å². The summed E-state index contributed by atoms with van der Waals surface area (Å²) in [4.78, 5) is 40.4. The minimum absolute atomic E-state index is 0.00579. The maximum absolute atomic E-state index is 14.0. The molecule has 1 fully saturated rings. The number of benzene rings is 4. The van der Waals surface area contributed by atoms with Crippen LogP contribution in [0.3, 0.4) is 0 Å². The van der Waals surface area contributed by atoms with Crippen molar-refractivity contribution in [2.45, 2.75) is 37.6 Å². The molecule has 1 aliphatic heterocycles. The van der Waals surface area contributed by atoms with Gasteiger partial charge in [-0.2, -0.15) is 0 Å². The van der Waals surface area contributed by atoms with E-state index < -0.39 is 65.3 Å². The van der Waals surface area contributed by atoms with E-state index in [1.54, 1.807) is 12.1 Å². The fourth-order valence-electron chi connectivity index (χ4n) is 5.48. The van der Waals surface area contributed by atoms with Crippen LogP contribution in [0, 0.1) is 0 Å². The molecule has 1 aromatic heterocycles. The highest BCUT2D eigenvalue weighted by atomic mass is 16.7. The van der Waals surface area contributed by atoms with Gasteiger partial charge in [-0.15, -0.1) is 0 Å². The Bertz CT molecular complexity index is 2240. The second-order valence-corrected chi connectivity index (χ2v) is 11.9. The Morgan fingerprint density at radius 3 is 1.75 bits per heavy atom. The summed E-state index contributed by atoms with van der Waals surface area (Å²) in [6.07, 6.45) is -3.00. The van der Waals surface area contributed by atoms with Crippen LogP contribution >= 0.6 is 0 Å². The molecular formula is C39H32O14. The van der Waals surface area contributed by atoms with Crippen LogP contribution in [-0.2, 0) is 23.8 Å². The Balaban J connectivity index is 1.40. The first kappa shape index (κ1) is 36.0. The molecule has 4 aromatic carbocycles. The third-order valence-electron chi connectivity index (χ3n) is 8.15. The van der Waals surface area contributed by atoms with Crippen molar-refractivity contribution < 1.29 is 63.6 Å². The fraction of sp³-hybridized carbons (Fsp3) is 0.154. The number of hydrogen-bond acceptors (Lipinski definition) is 14. The number of phenols is 5. The van der Waals surface area contributed by atoms with Gasteiger partial charge in [0.05, 0.1) is 6.10 Å². The maximum atomic E-state index is 14.0. The van der Waals surface area contributed by atoms with E-state index in [4.69, 9.17) is 23.4 Å². The van der Waals surface area contributed by atoms with Crippen molar-refractivity contribution >= 4 is 35.1 Å². The minimum atomic E-state index is -1.76. The molecule has 0 radical (unpaired) electrons. The van der Waals surface area contributed by atoms with Crippen LogP contribution in [0.2, 0.25) is 0 Å². The van der Waals surface area contributed by atoms with Crippen LogP contribution in [-0.4, -0.2) is 73.3 Å². The molecule has 5 aromatic rings. The van der Waals surface area contributed by atoms with Crippen LogP contribution in [0.25, 0.3) is 34.4 Å². The SMILES string of the molecule is C[C@@H]1O[C@@H](Oc2c(-c3ccc(O)cc3)oc3cc(O)cc(O)c3c2=O)[C@H](OC(=O)C=Cc2ccc(O)cc2)[C@H](OC(=O)C=Cc2ccc(O)cc2)[C@H]1O. The van der Waals surface area contributed by atoms with Gasteiger partial charge in [0.25, 0.3) is 0 Å². The second-order valence-electron chi connectivity index (χ2n) is 11.9. The number of esters is 2. The lowest BCUT2D eigenvalue weighted by molar-refractivity contribution is -0.276. The van der Waals surface area contributed by atoms with E-state index in [9.17, 15) is 45.0 Å². The van der Waals surface area contributed by atoms with E-state index in [0.29, 0.717) is 11.1 Å². The average Bonchev–Trinajstić information content (AvgIpc) is 3.12. The topological polar surface area (TPSA) is 223 Å². The van der Waals surface area contributed by atoms with E-state index in [2.05, 4.69) is 0 Å². The standard InChI is InChI=1S/C39H32O14/c1-20-33(47)36(51-30(45)16-6-21-2-10-24(40)11-3-21)38(52-31(46)17-7-22-4-12-25(41)13-5-22)39(49-20)53-37-34(48)32-28(44)18-27(43)19-29(32)50-35(37)23-8-14-26(42)15-9-23/h2-20,33,36,38-44,47H,1H3/t20-,33-,36+,38+,39-/m0/s1. The summed E-state index contributed by atoms with van der Waals surface area (Å²) in [7, 11) is 0. The van der Waals surface area contributed by atoms with E-state index in [1.807, 2.05) is 0 Å². The zero-order valence-corrected chi connectivity index (χ0v) is 27.7. The normalized spacial score (nSPS) is 20.1. The molecule has 0 saturated carbocycles. The predicted octanol–water partition coefficient (Wildman–Crippen LogP) is 4.72. The number of aliphatic hydroxyl groups is 1. The van der Waals surface area contributed by atoms with Gasteiger partial charge in [0.2, 0.25) is 23.6 Å². The molecule has 1 saturated heterocycles. The Labute approximate surface area is 300 Å². The lowest BCUT2D eigenvalue weighted by Crippen LogP contribution is -2.61. The lowest BCUT2D eigenvalue weighted by Gasteiger charge is -2.41. The predicted molar refractivity (Wildman–Crippen MR) is 188 cm³/mol. The summed E-state index contributed by atoms with van der Waals surface area (Å²) in [6, 6.07) is 19.2. The summed E-state index contributed by atoms with van der Waals surface area (Å²) in [5.41, 5.74) is 0.103. The van der Waals surface area contributed by atoms with Gasteiger partial charge in [-0.25, -0.2) is 9.59 Å². The zero-order valence-electron chi connectivity index (χ0n) is 27.7. The number of phenolic OH excluding ortho intramolecular Hbond substituents is 5. The molecule has 1 aliphatic rings. The minimum Gasteiger partial charge on any atom is -0.508 e. The van der Waals surface area contributed by atoms with Crippen LogP contribution < -0.4 is 10.2 Å². The molecule has 14 heteroatoms. The monoisotopic (exact) mass is 724 g/mol. The van der Waals surface area contributed by atoms with Gasteiger partial charge in [-0.1, -0.05) is 24.3 Å². The molecule has 14 nitrogen and oxygen atoms in total. The van der Waals surface area contributed by atoms with E-state index >= 15 is 0 Å². The van der Waals surface area contributed by atoms with E-state index in [0.717, 1.165) is 24.3 Å². The highest BCUT2D eigenvalue weighted by molar-refractivity contribution is 5.89. The zero-order chi connectivity index (χ0) is 37.8. The number of aromatic hydroxyl groups is 5. The molecule has 53 heavy (non-hydrogen) atoms. The summed E-state index contributed by atoms with van der Waals surface area (Å²) >= 11 is 0. The van der Waals surface area contributed by atoms with Gasteiger partial charge in [0.1, 0.15) is 45.8 Å². The molecule has 6 rings (SSSR count). The Morgan fingerprint density at radius 1 is 0.698 bits per heavy atom. The molecular weight excluding hydrogens is 692 g/mol. The summed E-state index contributed by atoms with van der Waals surface area (Å²) in [6.45, 7) is 1.43. The molecule has 0 aliphatic carbocycles. The number of rotatable bonds is 9. The maximum Gasteiger partial charge on any atom is 0.331 e. The van der Waals surface area contributed by atoms with E-state index in [1.165, 1.54) is 79.7 Å². The number of carbonyl (C=O) groups is 2. The molecule has 0 spiro atoms. The fourth-order valence-corrected chi connectivity index (χ4v) is 5.48. The first-order chi connectivity index (χ1) is 25.4. The van der Waals surface area contributed by atoms with Gasteiger partial charge in [0.15, 0.2) is 11.9 Å². The molecule has 0 amide bonds. The summed E-state index contributed by atoms with van der Waals surface area (Å²) < 4.78 is 29.3. The van der Waals surface area contributed by atoms with Gasteiger partial charge in [-0.05, 0) is 78.7 Å². The highest BCUT2D eigenvalue weighted by Gasteiger charge is 2.50. The van der Waals surface area contributed by atoms with Crippen molar-refractivity contribution in [3.63, 3.8) is 0 Å². The number of fused-ring (bicyclic) bond motifs is 1. The smallest absolute Gasteiger partial charge is 0.331 e. The van der Waals surface area contributed by atoms with Crippen molar-refractivity contribution in [3.05, 3.63) is 118 Å². The molecule has 5 atom stereocenters. The van der Waals surface area contributed by atoms with Gasteiger partial charge in [0, 0.05) is 29.8 Å². The van der Waals surface area contributed by atoms with Crippen LogP contribution in [0.5, 0.6) is 34.5 Å². The molecule has 272 valence electrons. The van der Waals surface area contributed by atoms with Crippen LogP contribution in [0.1, 0.15) is 18.1 Å². The lowest BCUT2D eigenvalue weighted by atomic mass is 9.99. The van der Waals surface area contributed by atoms with Crippen molar-refractivity contribution in [2.75, 3.05) is 0 Å². The molecule has 2 heterocycles. The van der Waals surface area contributed by atoms with Crippen molar-refractivity contribution in [3.8, 4) is 45.8 Å². The summed E-state index contributed by atoms with van der Waals surface area (Å²) in [5, 5.41) is 60.6. The quantitative estimate of drug-likeness (QED) is 0.0894. The van der Waals surface area contributed by atoms with Gasteiger partial charge in [-0.3, -0.25) is 4.79 Å². The third-order valence-corrected chi connectivity index (χ3v) is 8.15. The first-order valence-electron chi connectivity index (χ1n) is 16.0. The molecule has 6 N–H and O–H groups in total. The number of aliphatic hydroxyl groups excluding tert-OH is 1. The second kappa shape index (κ2) is 15.2. The largest absolute Gasteiger partial charge is 0.508 e. The Morgan fingerprint density at radius 2 is 1.21 bits per heavy atom. The van der Waals surface area contributed by atoms with Crippen molar-refractivity contribution in [2.24, 2.45) is 0 Å². The average molecular weight is 725 g/mol. The Kier molecular flexibility index (Phi) is 10.4. The molecule has 0 bridgehead atoms. The first-order valence-corrected chi connectivity index (χ1v) is 16.0.